The molecule has 0 bridgehead atoms. The molecule has 1 amide bonds. The van der Waals surface area contributed by atoms with Crippen LogP contribution in [0.5, 0.6) is 5.75 Å². The zero-order valence-electron chi connectivity index (χ0n) is 8.95. The molecular weight excluding hydrogens is 206 g/mol. The van der Waals surface area contributed by atoms with Crippen LogP contribution < -0.4 is 21.3 Å². The zero-order valence-corrected chi connectivity index (χ0v) is 8.95. The fourth-order valence-corrected chi connectivity index (χ4v) is 1.73. The van der Waals surface area contributed by atoms with E-state index in [1.165, 1.54) is 5.56 Å². The summed E-state index contributed by atoms with van der Waals surface area (Å²) >= 11 is 0. The highest BCUT2D eigenvalue weighted by Gasteiger charge is 2.09. The molecule has 1 heterocycles. The fourth-order valence-electron chi connectivity index (χ4n) is 1.73. The number of aryl methyl sites for hydroxylation is 1. The van der Waals surface area contributed by atoms with Gasteiger partial charge in [0.15, 0.2) is 6.61 Å². The summed E-state index contributed by atoms with van der Waals surface area (Å²) in [6.07, 6.45) is 2.17. The van der Waals surface area contributed by atoms with Gasteiger partial charge in [0.2, 0.25) is 0 Å². The van der Waals surface area contributed by atoms with E-state index in [1.54, 1.807) is 0 Å². The van der Waals surface area contributed by atoms with E-state index >= 15 is 0 Å². The molecule has 86 valence electrons. The monoisotopic (exact) mass is 221 g/mol. The van der Waals surface area contributed by atoms with E-state index in [4.69, 9.17) is 10.6 Å². The molecule has 0 saturated carbocycles. The van der Waals surface area contributed by atoms with Crippen molar-refractivity contribution >= 4 is 11.6 Å². The standard InChI is InChI=1S/C11H15N3O2/c12-14-11(15)7-16-9-3-4-10-8(6-9)2-1-5-13-10/h3-4,6,13H,1-2,5,7,12H2,(H,14,15). The summed E-state index contributed by atoms with van der Waals surface area (Å²) in [5.41, 5.74) is 4.41. The number of benzene rings is 1. The number of carbonyl (C=O) groups is 1. The fraction of sp³-hybridized carbons (Fsp3) is 0.364. The highest BCUT2D eigenvalue weighted by Crippen LogP contribution is 2.26. The Balaban J connectivity index is 2.03. The van der Waals surface area contributed by atoms with Crippen molar-refractivity contribution in [1.82, 2.24) is 5.43 Å². The summed E-state index contributed by atoms with van der Waals surface area (Å²) in [7, 11) is 0. The minimum Gasteiger partial charge on any atom is -0.484 e. The third-order valence-electron chi connectivity index (χ3n) is 2.55. The third-order valence-corrected chi connectivity index (χ3v) is 2.55. The van der Waals surface area contributed by atoms with Gasteiger partial charge in [-0.3, -0.25) is 10.2 Å². The number of anilines is 1. The summed E-state index contributed by atoms with van der Waals surface area (Å²) in [5.74, 6) is 5.32. The highest BCUT2D eigenvalue weighted by molar-refractivity contribution is 5.76. The Hall–Kier alpha value is -1.75. The van der Waals surface area contributed by atoms with E-state index in [9.17, 15) is 4.79 Å². The lowest BCUT2D eigenvalue weighted by atomic mass is 10.0. The maximum atomic E-state index is 10.9. The Labute approximate surface area is 93.9 Å². The lowest BCUT2D eigenvalue weighted by Gasteiger charge is -2.18. The number of rotatable bonds is 3. The Morgan fingerprint density at radius 3 is 3.25 bits per heavy atom. The summed E-state index contributed by atoms with van der Waals surface area (Å²) in [6, 6.07) is 5.79. The van der Waals surface area contributed by atoms with Crippen LogP contribution in [0.3, 0.4) is 0 Å². The number of amides is 1. The van der Waals surface area contributed by atoms with Crippen LogP contribution in [0.15, 0.2) is 18.2 Å². The lowest BCUT2D eigenvalue weighted by Crippen LogP contribution is -2.34. The summed E-state index contributed by atoms with van der Waals surface area (Å²) in [6.45, 7) is 0.964. The summed E-state index contributed by atoms with van der Waals surface area (Å²) < 4.78 is 5.30. The van der Waals surface area contributed by atoms with Crippen LogP contribution in [0, 0.1) is 0 Å². The highest BCUT2D eigenvalue weighted by atomic mass is 16.5. The summed E-state index contributed by atoms with van der Waals surface area (Å²) in [4.78, 5) is 10.9. The average molecular weight is 221 g/mol. The van der Waals surface area contributed by atoms with Crippen molar-refractivity contribution in [2.24, 2.45) is 5.84 Å². The van der Waals surface area contributed by atoms with Crippen molar-refractivity contribution in [2.45, 2.75) is 12.8 Å². The van der Waals surface area contributed by atoms with Crippen molar-refractivity contribution in [3.8, 4) is 5.75 Å². The Kier molecular flexibility index (Phi) is 3.26. The molecule has 0 saturated heterocycles. The third kappa shape index (κ3) is 2.43. The molecule has 0 aliphatic carbocycles. The van der Waals surface area contributed by atoms with E-state index in [-0.39, 0.29) is 12.5 Å². The number of hydrogen-bond donors (Lipinski definition) is 3. The van der Waals surface area contributed by atoms with Crippen LogP contribution in [-0.4, -0.2) is 19.1 Å². The van der Waals surface area contributed by atoms with Crippen LogP contribution in [0.4, 0.5) is 5.69 Å². The van der Waals surface area contributed by atoms with E-state index in [0.29, 0.717) is 5.75 Å². The molecule has 0 fully saturated rings. The number of hydrogen-bond acceptors (Lipinski definition) is 4. The van der Waals surface area contributed by atoms with Gasteiger partial charge >= 0.3 is 0 Å². The molecule has 0 spiro atoms. The Bertz CT molecular complexity index is 393. The van der Waals surface area contributed by atoms with Gasteiger partial charge < -0.3 is 10.1 Å². The first kappa shape index (κ1) is 10.8. The number of ether oxygens (including phenoxy) is 1. The molecule has 0 aromatic heterocycles. The van der Waals surface area contributed by atoms with Crippen molar-refractivity contribution < 1.29 is 9.53 Å². The van der Waals surface area contributed by atoms with Gasteiger partial charge in [0.05, 0.1) is 0 Å². The van der Waals surface area contributed by atoms with Gasteiger partial charge in [-0.15, -0.1) is 0 Å². The Morgan fingerprint density at radius 1 is 1.56 bits per heavy atom. The van der Waals surface area contributed by atoms with E-state index < -0.39 is 0 Å². The maximum absolute atomic E-state index is 10.9. The zero-order chi connectivity index (χ0) is 11.4. The molecule has 1 aliphatic rings. The first-order chi connectivity index (χ1) is 7.79. The van der Waals surface area contributed by atoms with Crippen molar-refractivity contribution in [3.05, 3.63) is 23.8 Å². The number of nitrogens with one attached hydrogen (secondary N) is 2. The molecule has 4 N–H and O–H groups in total. The second-order valence-electron chi connectivity index (χ2n) is 3.71. The maximum Gasteiger partial charge on any atom is 0.271 e. The lowest BCUT2D eigenvalue weighted by molar-refractivity contribution is -0.123. The van der Waals surface area contributed by atoms with Crippen molar-refractivity contribution in [3.63, 3.8) is 0 Å². The van der Waals surface area contributed by atoms with Gasteiger partial charge in [-0.1, -0.05) is 0 Å². The topological polar surface area (TPSA) is 76.4 Å². The van der Waals surface area contributed by atoms with Crippen LogP contribution in [0.2, 0.25) is 0 Å². The largest absolute Gasteiger partial charge is 0.484 e. The minimum absolute atomic E-state index is 0.0529. The molecule has 1 aliphatic heterocycles. The second-order valence-corrected chi connectivity index (χ2v) is 3.71. The van der Waals surface area contributed by atoms with Crippen LogP contribution in [0.25, 0.3) is 0 Å². The van der Waals surface area contributed by atoms with Gasteiger partial charge in [0.1, 0.15) is 5.75 Å². The van der Waals surface area contributed by atoms with Gasteiger partial charge in [0, 0.05) is 12.2 Å². The molecule has 5 nitrogen and oxygen atoms in total. The summed E-state index contributed by atoms with van der Waals surface area (Å²) in [5, 5.41) is 3.31. The molecule has 5 heteroatoms. The average Bonchev–Trinajstić information content (AvgIpc) is 2.35. The number of carbonyl (C=O) groups excluding carboxylic acids is 1. The van der Waals surface area contributed by atoms with E-state index in [1.807, 2.05) is 23.6 Å². The van der Waals surface area contributed by atoms with Crippen molar-refractivity contribution in [2.75, 3.05) is 18.5 Å². The molecule has 0 atom stereocenters. The molecule has 0 radical (unpaired) electrons. The number of nitrogens with two attached hydrogens (primary N) is 1. The number of fused-ring (bicyclic) bond motifs is 1. The number of hydrazine groups is 1. The Morgan fingerprint density at radius 2 is 2.44 bits per heavy atom. The SMILES string of the molecule is NNC(=O)COc1ccc2c(c1)CCCN2. The van der Waals surface area contributed by atoms with Crippen molar-refractivity contribution in [1.29, 1.82) is 0 Å². The van der Waals surface area contributed by atoms with Crippen LogP contribution in [-0.2, 0) is 11.2 Å². The smallest absolute Gasteiger partial charge is 0.271 e. The van der Waals surface area contributed by atoms with Gasteiger partial charge in [0.25, 0.3) is 5.91 Å². The van der Waals surface area contributed by atoms with E-state index in [0.717, 1.165) is 25.1 Å². The predicted octanol–water partition coefficient (Wildman–Crippen LogP) is 0.413. The van der Waals surface area contributed by atoms with Crippen LogP contribution in [0.1, 0.15) is 12.0 Å². The quantitative estimate of drug-likeness (QED) is 0.392. The van der Waals surface area contributed by atoms with Crippen LogP contribution >= 0.6 is 0 Å². The van der Waals surface area contributed by atoms with E-state index in [2.05, 4.69) is 5.32 Å². The van der Waals surface area contributed by atoms with Gasteiger partial charge in [-0.05, 0) is 36.6 Å². The molecule has 16 heavy (non-hydrogen) atoms. The second kappa shape index (κ2) is 4.85. The molecule has 1 aromatic carbocycles. The molecule has 1 aromatic rings. The molecule has 2 rings (SSSR count). The molecule has 0 unspecified atom stereocenters. The minimum atomic E-state index is -0.337. The van der Waals surface area contributed by atoms with Gasteiger partial charge in [-0.2, -0.15) is 0 Å². The predicted molar refractivity (Wildman–Crippen MR) is 61.1 cm³/mol. The normalized spacial score (nSPS) is 13.6. The first-order valence-corrected chi connectivity index (χ1v) is 5.28. The van der Waals surface area contributed by atoms with Gasteiger partial charge in [-0.25, -0.2) is 5.84 Å². The molecular formula is C11H15N3O2. The first-order valence-electron chi connectivity index (χ1n) is 5.28.